The van der Waals surface area contributed by atoms with Crippen LogP contribution in [0.25, 0.3) is 0 Å². The topological polar surface area (TPSA) is 84.7 Å². The molecule has 7 heteroatoms. The van der Waals surface area contributed by atoms with Crippen LogP contribution in [0.2, 0.25) is 0 Å². The van der Waals surface area contributed by atoms with Crippen molar-refractivity contribution < 1.29 is 14.5 Å². The second-order valence-corrected chi connectivity index (χ2v) is 5.84. The number of non-ortho nitro benzene ring substituents is 1. The number of carbonyl (C=O) groups excluding carboxylic acids is 1. The number of nitrogens with one attached hydrogen (secondary N) is 1. The number of carbonyl (C=O) groups is 1. The van der Waals surface area contributed by atoms with Crippen molar-refractivity contribution in [2.45, 2.75) is 32.2 Å². The first kappa shape index (κ1) is 17.2. The Morgan fingerprint density at radius 2 is 2.09 bits per heavy atom. The van der Waals surface area contributed by atoms with Crippen LogP contribution in [-0.2, 0) is 4.74 Å². The van der Waals surface area contributed by atoms with Crippen LogP contribution in [0.3, 0.4) is 0 Å². The Hall–Kier alpha value is -2.15. The number of nitro benzene ring substituents is 1. The van der Waals surface area contributed by atoms with E-state index in [4.69, 9.17) is 4.74 Å². The van der Waals surface area contributed by atoms with Gasteiger partial charge in [-0.1, -0.05) is 0 Å². The van der Waals surface area contributed by atoms with Gasteiger partial charge in [-0.15, -0.1) is 0 Å². The predicted octanol–water partition coefficient (Wildman–Crippen LogP) is 2.35. The van der Waals surface area contributed by atoms with Gasteiger partial charge in [-0.3, -0.25) is 14.9 Å². The number of nitrogens with zero attached hydrogens (tertiary/aromatic N) is 2. The Kier molecular flexibility index (Phi) is 5.92. The van der Waals surface area contributed by atoms with Crippen LogP contribution in [-0.4, -0.2) is 43.7 Å². The first-order chi connectivity index (χ1) is 11.0. The number of benzene rings is 1. The van der Waals surface area contributed by atoms with Gasteiger partial charge in [-0.05, 0) is 32.3 Å². The van der Waals surface area contributed by atoms with E-state index in [1.54, 1.807) is 13.2 Å². The molecule has 0 aromatic heterocycles. The first-order valence-corrected chi connectivity index (χ1v) is 7.86. The van der Waals surface area contributed by atoms with E-state index in [-0.39, 0.29) is 17.6 Å². The molecule has 1 saturated heterocycles. The molecular weight excluding hydrogens is 298 g/mol. The zero-order chi connectivity index (χ0) is 16.8. The number of nitro groups is 1. The Morgan fingerprint density at radius 1 is 1.39 bits per heavy atom. The molecular formula is C16H23N3O4. The van der Waals surface area contributed by atoms with Gasteiger partial charge in [-0.2, -0.15) is 0 Å². The summed E-state index contributed by atoms with van der Waals surface area (Å²) in [5, 5.41) is 13.9. The molecule has 0 bridgehead atoms. The van der Waals surface area contributed by atoms with Gasteiger partial charge in [0.25, 0.3) is 11.6 Å². The highest BCUT2D eigenvalue weighted by molar-refractivity contribution is 6.00. The quantitative estimate of drug-likeness (QED) is 0.642. The van der Waals surface area contributed by atoms with Crippen LogP contribution in [0.4, 0.5) is 11.4 Å². The van der Waals surface area contributed by atoms with Gasteiger partial charge in [-0.25, -0.2) is 0 Å². The normalized spacial score (nSPS) is 16.0. The fraction of sp³-hybridized carbons (Fsp3) is 0.562. The fourth-order valence-electron chi connectivity index (χ4n) is 2.82. The van der Waals surface area contributed by atoms with E-state index in [1.807, 2.05) is 6.92 Å². The molecule has 1 N–H and O–H groups in total. The number of amides is 1. The lowest BCUT2D eigenvalue weighted by atomic mass is 10.1. The Morgan fingerprint density at radius 3 is 2.70 bits per heavy atom. The summed E-state index contributed by atoms with van der Waals surface area (Å²) in [7, 11) is 1.56. The van der Waals surface area contributed by atoms with Crippen molar-refractivity contribution in [3.63, 3.8) is 0 Å². The number of hydrogen-bond acceptors (Lipinski definition) is 5. The number of piperidine rings is 1. The van der Waals surface area contributed by atoms with E-state index in [2.05, 4.69) is 10.2 Å². The molecule has 1 aliphatic heterocycles. The molecule has 1 amide bonds. The van der Waals surface area contributed by atoms with Crippen LogP contribution < -0.4 is 10.2 Å². The third-order valence-electron chi connectivity index (χ3n) is 3.93. The lowest BCUT2D eigenvalue weighted by Gasteiger charge is -2.30. The van der Waals surface area contributed by atoms with Crippen molar-refractivity contribution in [1.29, 1.82) is 0 Å². The largest absolute Gasteiger partial charge is 0.383 e. The third-order valence-corrected chi connectivity index (χ3v) is 3.93. The molecule has 0 saturated carbocycles. The summed E-state index contributed by atoms with van der Waals surface area (Å²) in [6, 6.07) is 4.33. The molecule has 23 heavy (non-hydrogen) atoms. The smallest absolute Gasteiger partial charge is 0.270 e. The highest BCUT2D eigenvalue weighted by Gasteiger charge is 2.22. The van der Waals surface area contributed by atoms with E-state index in [1.165, 1.54) is 18.6 Å². The van der Waals surface area contributed by atoms with Gasteiger partial charge in [0, 0.05) is 38.4 Å². The fourth-order valence-corrected chi connectivity index (χ4v) is 2.82. The minimum Gasteiger partial charge on any atom is -0.383 e. The molecule has 1 fully saturated rings. The third kappa shape index (κ3) is 4.41. The van der Waals surface area contributed by atoms with Gasteiger partial charge in [0.15, 0.2) is 0 Å². The van der Waals surface area contributed by atoms with Crippen molar-refractivity contribution >= 4 is 17.3 Å². The minimum atomic E-state index is -0.477. The molecule has 0 aliphatic carbocycles. The predicted molar refractivity (Wildman–Crippen MR) is 88.0 cm³/mol. The molecule has 126 valence electrons. The Bertz CT molecular complexity index is 570. The second kappa shape index (κ2) is 7.92. The molecule has 1 atom stereocenters. The molecule has 1 unspecified atom stereocenters. The molecule has 0 radical (unpaired) electrons. The molecule has 1 aromatic rings. The van der Waals surface area contributed by atoms with E-state index in [0.717, 1.165) is 31.6 Å². The summed E-state index contributed by atoms with van der Waals surface area (Å²) in [5.41, 5.74) is 1.04. The number of ether oxygens (including phenoxy) is 1. The summed E-state index contributed by atoms with van der Waals surface area (Å²) in [4.78, 5) is 25.2. The number of methoxy groups -OCH3 is 1. The second-order valence-electron chi connectivity index (χ2n) is 5.84. The van der Waals surface area contributed by atoms with Crippen LogP contribution in [0.15, 0.2) is 18.2 Å². The van der Waals surface area contributed by atoms with Crippen LogP contribution in [0.5, 0.6) is 0 Å². The van der Waals surface area contributed by atoms with Crippen molar-refractivity contribution in [2.24, 2.45) is 0 Å². The van der Waals surface area contributed by atoms with Crippen LogP contribution in [0, 0.1) is 10.1 Å². The van der Waals surface area contributed by atoms with Crippen molar-refractivity contribution in [3.8, 4) is 0 Å². The van der Waals surface area contributed by atoms with E-state index in [9.17, 15) is 14.9 Å². The number of anilines is 1. The summed E-state index contributed by atoms with van der Waals surface area (Å²) in [5.74, 6) is -0.307. The van der Waals surface area contributed by atoms with Crippen molar-refractivity contribution in [3.05, 3.63) is 33.9 Å². The highest BCUT2D eigenvalue weighted by Crippen LogP contribution is 2.28. The van der Waals surface area contributed by atoms with E-state index >= 15 is 0 Å². The Labute approximate surface area is 135 Å². The van der Waals surface area contributed by atoms with Gasteiger partial charge in [0.05, 0.1) is 22.8 Å². The molecule has 1 heterocycles. The van der Waals surface area contributed by atoms with Gasteiger partial charge in [0.2, 0.25) is 0 Å². The van der Waals surface area contributed by atoms with Gasteiger partial charge in [0.1, 0.15) is 0 Å². The highest BCUT2D eigenvalue weighted by atomic mass is 16.6. The standard InChI is InChI=1S/C16H23N3O4/c1-12(11-23-2)17-16(20)14-10-13(19(21)22)6-7-15(14)18-8-4-3-5-9-18/h6-7,10,12H,3-5,8-9,11H2,1-2H3,(H,17,20). The molecule has 0 spiro atoms. The first-order valence-electron chi connectivity index (χ1n) is 7.86. The van der Waals surface area contributed by atoms with E-state index < -0.39 is 4.92 Å². The van der Waals surface area contributed by atoms with Crippen molar-refractivity contribution in [1.82, 2.24) is 5.32 Å². The maximum atomic E-state index is 12.6. The van der Waals surface area contributed by atoms with Crippen LogP contribution in [0.1, 0.15) is 36.5 Å². The summed E-state index contributed by atoms with van der Waals surface area (Å²) in [6.07, 6.45) is 3.31. The average Bonchev–Trinajstić information content (AvgIpc) is 2.55. The summed E-state index contributed by atoms with van der Waals surface area (Å²) >= 11 is 0. The molecule has 1 aromatic carbocycles. The molecule has 1 aliphatic rings. The molecule has 2 rings (SSSR count). The zero-order valence-electron chi connectivity index (χ0n) is 13.6. The average molecular weight is 321 g/mol. The van der Waals surface area contributed by atoms with E-state index in [0.29, 0.717) is 12.2 Å². The lowest BCUT2D eigenvalue weighted by Crippen LogP contribution is -2.37. The number of hydrogen-bond donors (Lipinski definition) is 1. The summed E-state index contributed by atoms with van der Waals surface area (Å²) < 4.78 is 5.02. The van der Waals surface area contributed by atoms with Crippen molar-refractivity contribution in [2.75, 3.05) is 31.7 Å². The number of rotatable bonds is 6. The van der Waals surface area contributed by atoms with Crippen LogP contribution >= 0.6 is 0 Å². The lowest BCUT2D eigenvalue weighted by molar-refractivity contribution is -0.384. The Balaban J connectivity index is 2.30. The van der Waals surface area contributed by atoms with Gasteiger partial charge < -0.3 is 15.0 Å². The van der Waals surface area contributed by atoms with Gasteiger partial charge >= 0.3 is 0 Å². The maximum absolute atomic E-state index is 12.6. The maximum Gasteiger partial charge on any atom is 0.270 e. The zero-order valence-corrected chi connectivity index (χ0v) is 13.6. The molecule has 7 nitrogen and oxygen atoms in total. The monoisotopic (exact) mass is 321 g/mol. The SMILES string of the molecule is COCC(C)NC(=O)c1cc([N+](=O)[O-])ccc1N1CCCCC1. The summed E-state index contributed by atoms with van der Waals surface area (Å²) in [6.45, 7) is 3.95. The minimum absolute atomic E-state index is 0.0738.